The number of alkyl halides is 3. The van der Waals surface area contributed by atoms with Gasteiger partial charge in [-0.15, -0.1) is 0 Å². The molecule has 1 aliphatic rings. The van der Waals surface area contributed by atoms with Gasteiger partial charge in [0.1, 0.15) is 5.82 Å². The lowest BCUT2D eigenvalue weighted by atomic mass is 10.1. The lowest BCUT2D eigenvalue weighted by Gasteiger charge is -2.34. The van der Waals surface area contributed by atoms with Crippen LogP contribution in [0.3, 0.4) is 0 Å². The van der Waals surface area contributed by atoms with Crippen LogP contribution >= 0.6 is 0 Å². The van der Waals surface area contributed by atoms with Crippen LogP contribution in [0.2, 0.25) is 0 Å². The van der Waals surface area contributed by atoms with Crippen LogP contribution in [0.25, 0.3) is 0 Å². The van der Waals surface area contributed by atoms with E-state index < -0.39 is 17.6 Å². The summed E-state index contributed by atoms with van der Waals surface area (Å²) < 4.78 is 41.2. The van der Waals surface area contributed by atoms with Gasteiger partial charge in [0.05, 0.1) is 17.8 Å². The summed E-state index contributed by atoms with van der Waals surface area (Å²) in [5, 5.41) is 2.40. The van der Waals surface area contributed by atoms with E-state index in [9.17, 15) is 18.0 Å². The monoisotopic (exact) mass is 395 g/mol. The van der Waals surface area contributed by atoms with Crippen LogP contribution < -0.4 is 5.32 Å². The molecule has 3 rings (SSSR count). The van der Waals surface area contributed by atoms with Crippen molar-refractivity contribution in [3.8, 4) is 0 Å². The molecule has 1 aliphatic heterocycles. The Morgan fingerprint density at radius 2 is 1.79 bits per heavy atom. The number of carbonyl (C=O) groups is 1. The number of carbonyl (C=O) groups excluding carboxylic acids is 1. The van der Waals surface area contributed by atoms with E-state index in [-0.39, 0.29) is 12.2 Å². The average Bonchev–Trinajstić information content (AvgIpc) is 3.05. The number of piperazine rings is 1. The normalized spacial score (nSPS) is 16.3. The molecule has 0 spiro atoms. The van der Waals surface area contributed by atoms with Crippen molar-refractivity contribution in [1.82, 2.24) is 19.4 Å². The van der Waals surface area contributed by atoms with Crippen LogP contribution in [0.15, 0.2) is 36.7 Å². The Bertz CT molecular complexity index is 797. The SMILES string of the molecule is Cc1nccn1CCN1CCN(CC(=O)Nc2ccccc2C(F)(F)F)CC1. The minimum absolute atomic E-state index is 0.0840. The molecule has 1 aromatic heterocycles. The van der Waals surface area contributed by atoms with Gasteiger partial charge in [0, 0.05) is 51.7 Å². The minimum atomic E-state index is -4.50. The molecule has 2 aromatic rings. The molecule has 0 aliphatic carbocycles. The Morgan fingerprint density at radius 1 is 1.11 bits per heavy atom. The molecule has 0 radical (unpaired) electrons. The van der Waals surface area contributed by atoms with E-state index >= 15 is 0 Å². The lowest BCUT2D eigenvalue weighted by molar-refractivity contribution is -0.137. The summed E-state index contributed by atoms with van der Waals surface area (Å²) in [7, 11) is 0. The molecule has 1 fully saturated rings. The highest BCUT2D eigenvalue weighted by Crippen LogP contribution is 2.34. The van der Waals surface area contributed by atoms with Crippen molar-refractivity contribution >= 4 is 11.6 Å². The molecule has 1 amide bonds. The van der Waals surface area contributed by atoms with Gasteiger partial charge in [0.25, 0.3) is 0 Å². The highest BCUT2D eigenvalue weighted by molar-refractivity contribution is 5.93. The number of nitrogens with one attached hydrogen (secondary N) is 1. The number of anilines is 1. The van der Waals surface area contributed by atoms with Crippen LogP contribution in [0.5, 0.6) is 0 Å². The lowest BCUT2D eigenvalue weighted by Crippen LogP contribution is -2.49. The zero-order chi connectivity index (χ0) is 20.1. The summed E-state index contributed by atoms with van der Waals surface area (Å²) >= 11 is 0. The fraction of sp³-hybridized carbons (Fsp3) is 0.474. The van der Waals surface area contributed by atoms with Crippen LogP contribution in [-0.4, -0.2) is 64.5 Å². The van der Waals surface area contributed by atoms with Crippen molar-refractivity contribution in [2.75, 3.05) is 44.6 Å². The van der Waals surface area contributed by atoms with Crippen LogP contribution in [0.4, 0.5) is 18.9 Å². The largest absolute Gasteiger partial charge is 0.418 e. The Morgan fingerprint density at radius 3 is 2.43 bits per heavy atom. The van der Waals surface area contributed by atoms with Gasteiger partial charge in [-0.25, -0.2) is 4.98 Å². The first-order valence-corrected chi connectivity index (χ1v) is 9.21. The van der Waals surface area contributed by atoms with Crippen molar-refractivity contribution < 1.29 is 18.0 Å². The molecule has 0 unspecified atom stereocenters. The van der Waals surface area contributed by atoms with Crippen LogP contribution in [0, 0.1) is 6.92 Å². The predicted molar refractivity (Wildman–Crippen MR) is 99.9 cm³/mol. The van der Waals surface area contributed by atoms with Crippen molar-refractivity contribution in [1.29, 1.82) is 0 Å². The zero-order valence-corrected chi connectivity index (χ0v) is 15.7. The summed E-state index contributed by atoms with van der Waals surface area (Å²) in [5.74, 6) is 0.550. The number of halogens is 3. The van der Waals surface area contributed by atoms with Crippen molar-refractivity contribution in [2.24, 2.45) is 0 Å². The molecular formula is C19H24F3N5O. The first-order valence-electron chi connectivity index (χ1n) is 9.21. The summed E-state index contributed by atoms with van der Waals surface area (Å²) in [6.45, 7) is 6.86. The Kier molecular flexibility index (Phi) is 6.35. The van der Waals surface area contributed by atoms with Crippen LogP contribution in [0.1, 0.15) is 11.4 Å². The molecule has 0 atom stereocenters. The summed E-state index contributed by atoms with van der Waals surface area (Å²) in [5.41, 5.74) is -1.03. The Balaban J connectivity index is 1.45. The molecule has 0 bridgehead atoms. The number of rotatable bonds is 6. The molecular weight excluding hydrogens is 371 g/mol. The van der Waals surface area contributed by atoms with E-state index in [1.807, 2.05) is 18.0 Å². The third-order valence-electron chi connectivity index (χ3n) is 4.92. The molecule has 0 saturated carbocycles. The molecule has 2 heterocycles. The summed E-state index contributed by atoms with van der Waals surface area (Å²) in [4.78, 5) is 20.7. The van der Waals surface area contributed by atoms with E-state index in [0.29, 0.717) is 13.1 Å². The second kappa shape index (κ2) is 8.74. The minimum Gasteiger partial charge on any atom is -0.334 e. The van der Waals surface area contributed by atoms with Gasteiger partial charge in [-0.3, -0.25) is 14.6 Å². The maximum absolute atomic E-state index is 13.0. The zero-order valence-electron chi connectivity index (χ0n) is 15.7. The standard InChI is InChI=1S/C19H24F3N5O/c1-15-23-6-7-27(15)13-12-25-8-10-26(11-9-25)14-18(28)24-17-5-3-2-4-16(17)19(20,21)22/h2-7H,8-14H2,1H3,(H,24,28). The van der Waals surface area contributed by atoms with E-state index in [2.05, 4.69) is 19.8 Å². The van der Waals surface area contributed by atoms with E-state index in [1.165, 1.54) is 18.2 Å². The van der Waals surface area contributed by atoms with Gasteiger partial charge in [0.15, 0.2) is 0 Å². The first kappa shape index (κ1) is 20.3. The molecule has 1 saturated heterocycles. The Labute approximate surface area is 161 Å². The van der Waals surface area contributed by atoms with E-state index in [1.54, 1.807) is 6.20 Å². The predicted octanol–water partition coefficient (Wildman–Crippen LogP) is 2.47. The van der Waals surface area contributed by atoms with Gasteiger partial charge in [-0.1, -0.05) is 12.1 Å². The summed E-state index contributed by atoms with van der Waals surface area (Å²) in [6.07, 6.45) is -0.763. The fourth-order valence-electron chi connectivity index (χ4n) is 3.29. The highest BCUT2D eigenvalue weighted by Gasteiger charge is 2.33. The van der Waals surface area contributed by atoms with Gasteiger partial charge < -0.3 is 9.88 Å². The summed E-state index contributed by atoms with van der Waals surface area (Å²) in [6, 6.07) is 5.03. The van der Waals surface area contributed by atoms with Gasteiger partial charge >= 0.3 is 6.18 Å². The van der Waals surface area contributed by atoms with Crippen molar-refractivity contribution in [3.63, 3.8) is 0 Å². The maximum Gasteiger partial charge on any atom is 0.418 e. The third-order valence-corrected chi connectivity index (χ3v) is 4.92. The number of aryl methyl sites for hydroxylation is 1. The number of hydrogen-bond donors (Lipinski definition) is 1. The molecule has 9 heteroatoms. The number of amides is 1. The number of aromatic nitrogens is 2. The first-order chi connectivity index (χ1) is 13.3. The number of nitrogens with zero attached hydrogens (tertiary/aromatic N) is 4. The van der Waals surface area contributed by atoms with E-state index in [0.717, 1.165) is 38.1 Å². The second-order valence-corrected chi connectivity index (χ2v) is 6.88. The number of para-hydroxylation sites is 1. The smallest absolute Gasteiger partial charge is 0.334 e. The molecule has 1 aromatic carbocycles. The number of imidazole rings is 1. The quantitative estimate of drug-likeness (QED) is 0.817. The molecule has 6 nitrogen and oxygen atoms in total. The third kappa shape index (κ3) is 5.32. The maximum atomic E-state index is 13.0. The van der Waals surface area contributed by atoms with Crippen LogP contribution in [-0.2, 0) is 17.5 Å². The Hall–Kier alpha value is -2.39. The van der Waals surface area contributed by atoms with Gasteiger partial charge in [-0.2, -0.15) is 13.2 Å². The van der Waals surface area contributed by atoms with Gasteiger partial charge in [-0.05, 0) is 19.1 Å². The number of benzene rings is 1. The molecule has 1 N–H and O–H groups in total. The fourth-order valence-corrected chi connectivity index (χ4v) is 3.29. The van der Waals surface area contributed by atoms with Crippen molar-refractivity contribution in [2.45, 2.75) is 19.6 Å². The van der Waals surface area contributed by atoms with E-state index in [4.69, 9.17) is 0 Å². The topological polar surface area (TPSA) is 53.4 Å². The number of hydrogen-bond acceptors (Lipinski definition) is 4. The molecule has 28 heavy (non-hydrogen) atoms. The van der Waals surface area contributed by atoms with Crippen molar-refractivity contribution in [3.05, 3.63) is 48.0 Å². The highest BCUT2D eigenvalue weighted by atomic mass is 19.4. The average molecular weight is 395 g/mol. The second-order valence-electron chi connectivity index (χ2n) is 6.88. The molecule has 152 valence electrons. The van der Waals surface area contributed by atoms with Gasteiger partial charge in [0.2, 0.25) is 5.91 Å².